The monoisotopic (exact) mass is 267 g/mol. The molecule has 0 unspecified atom stereocenters. The van der Waals surface area contributed by atoms with Crippen LogP contribution in [-0.4, -0.2) is 30.4 Å². The normalized spacial score (nSPS) is 12.4. The lowest BCUT2D eigenvalue weighted by molar-refractivity contribution is 0.509. The summed E-state index contributed by atoms with van der Waals surface area (Å²) in [5.74, 6) is -0.424. The van der Waals surface area contributed by atoms with Gasteiger partial charge in [0.25, 0.3) is 0 Å². The minimum atomic E-state index is -3.30. The van der Waals surface area contributed by atoms with Crippen LogP contribution in [-0.2, 0) is 10.0 Å². The smallest absolute Gasteiger partial charge is 0.224 e. The zero-order chi connectivity index (χ0) is 7.49. The Morgan fingerprint density at radius 2 is 2.11 bits per heavy atom. The summed E-state index contributed by atoms with van der Waals surface area (Å²) >= 11 is 1.59. The van der Waals surface area contributed by atoms with Crippen molar-refractivity contribution in [2.45, 2.75) is 0 Å². The van der Waals surface area contributed by atoms with Crippen molar-refractivity contribution in [2.75, 3.05) is 19.5 Å². The molecule has 0 fully saturated rings. The van der Waals surface area contributed by atoms with Crippen LogP contribution in [0.2, 0.25) is 0 Å². The second kappa shape index (κ2) is 3.67. The maximum atomic E-state index is 11.4. The Morgan fingerprint density at radius 3 is 2.22 bits per heavy atom. The van der Waals surface area contributed by atoms with Gasteiger partial charge in [-0.25, -0.2) is 12.8 Å². The molecule has 0 saturated carbocycles. The fourth-order valence-corrected chi connectivity index (χ4v) is 1.26. The molecule has 0 aromatic rings. The first kappa shape index (κ1) is 9.57. The summed E-state index contributed by atoms with van der Waals surface area (Å²) in [4.78, 5) is 0. The van der Waals surface area contributed by atoms with Crippen molar-refractivity contribution in [1.29, 1.82) is 0 Å². The molecule has 0 rings (SSSR count). The number of sulfonamides is 1. The van der Waals surface area contributed by atoms with Gasteiger partial charge in [0.15, 0.2) is 0 Å². The van der Waals surface area contributed by atoms with Crippen LogP contribution in [0.5, 0.6) is 0 Å². The van der Waals surface area contributed by atoms with Gasteiger partial charge in [0.1, 0.15) is 6.67 Å². The summed E-state index contributed by atoms with van der Waals surface area (Å²) < 4.78 is 33.6. The lowest BCUT2D eigenvalue weighted by Gasteiger charge is -2.05. The Morgan fingerprint density at radius 1 is 1.67 bits per heavy atom. The van der Waals surface area contributed by atoms with Gasteiger partial charge in [0.05, 0.1) is 5.75 Å². The summed E-state index contributed by atoms with van der Waals surface area (Å²) in [5, 5.41) is 0. The molecule has 3 nitrogen and oxygen atoms in total. The summed E-state index contributed by atoms with van der Waals surface area (Å²) in [6.45, 7) is -0.824. The Hall–Kier alpha value is 0.570. The second-order valence-electron chi connectivity index (χ2n) is 1.40. The average molecular weight is 267 g/mol. The predicted octanol–water partition coefficient (Wildman–Crippen LogP) is 0.568. The van der Waals surface area contributed by atoms with E-state index in [4.69, 9.17) is 0 Å². The van der Waals surface area contributed by atoms with E-state index in [2.05, 4.69) is 0 Å². The van der Waals surface area contributed by atoms with Crippen LogP contribution < -0.4 is 0 Å². The molecule has 0 atom stereocenters. The molecule has 0 saturated heterocycles. The van der Waals surface area contributed by atoms with Crippen molar-refractivity contribution in [3.05, 3.63) is 0 Å². The maximum Gasteiger partial charge on any atom is 0.224 e. The Labute approximate surface area is 67.8 Å². The number of hydrogen-bond donors (Lipinski definition) is 0. The van der Waals surface area contributed by atoms with Gasteiger partial charge in [-0.2, -0.15) is 0 Å². The molecular weight excluding hydrogens is 260 g/mol. The summed E-state index contributed by atoms with van der Waals surface area (Å²) in [6.07, 6.45) is 0. The van der Waals surface area contributed by atoms with Crippen LogP contribution in [0.3, 0.4) is 0 Å². The third-order valence-corrected chi connectivity index (χ3v) is 3.96. The van der Waals surface area contributed by atoms with Crippen LogP contribution >= 0.6 is 22.9 Å². The zero-order valence-electron chi connectivity index (χ0n) is 4.84. The third-order valence-electron chi connectivity index (χ3n) is 0.718. The standard InChI is InChI=1S/C3H7FINO2S/c1-6(5)9(7,8)3-2-4/h2-3H2,1H3. The van der Waals surface area contributed by atoms with E-state index in [1.165, 1.54) is 7.05 Å². The van der Waals surface area contributed by atoms with Gasteiger partial charge in [-0.3, -0.25) is 0 Å². The number of alkyl halides is 1. The molecule has 0 N–H and O–H groups in total. The number of hydrogen-bond acceptors (Lipinski definition) is 2. The lowest BCUT2D eigenvalue weighted by Crippen LogP contribution is -2.20. The van der Waals surface area contributed by atoms with E-state index in [1.54, 1.807) is 22.9 Å². The van der Waals surface area contributed by atoms with Crippen molar-refractivity contribution in [2.24, 2.45) is 0 Å². The molecule has 0 bridgehead atoms. The van der Waals surface area contributed by atoms with Gasteiger partial charge >= 0.3 is 0 Å². The highest BCUT2D eigenvalue weighted by molar-refractivity contribution is 14.1. The third kappa shape index (κ3) is 3.31. The Balaban J connectivity index is 4.05. The number of halogens is 2. The fourth-order valence-electron chi connectivity index (χ4n) is 0.223. The summed E-state index contributed by atoms with van der Waals surface area (Å²) in [5.41, 5.74) is 0. The van der Waals surface area contributed by atoms with Gasteiger partial charge < -0.3 is 0 Å². The van der Waals surface area contributed by atoms with Crippen LogP contribution in [0.1, 0.15) is 0 Å². The highest BCUT2D eigenvalue weighted by Crippen LogP contribution is 2.03. The maximum absolute atomic E-state index is 11.4. The van der Waals surface area contributed by atoms with Crippen LogP contribution in [0.4, 0.5) is 4.39 Å². The van der Waals surface area contributed by atoms with Crippen LogP contribution in [0.25, 0.3) is 0 Å². The molecule has 0 aliphatic heterocycles. The molecule has 0 amide bonds. The Kier molecular flexibility index (Phi) is 3.90. The molecule has 0 aliphatic carbocycles. The van der Waals surface area contributed by atoms with Crippen molar-refractivity contribution in [1.82, 2.24) is 2.52 Å². The van der Waals surface area contributed by atoms with E-state index in [9.17, 15) is 12.8 Å². The van der Waals surface area contributed by atoms with E-state index in [0.29, 0.717) is 0 Å². The summed E-state index contributed by atoms with van der Waals surface area (Å²) in [7, 11) is -1.94. The van der Waals surface area contributed by atoms with Crippen molar-refractivity contribution < 1.29 is 12.8 Å². The zero-order valence-corrected chi connectivity index (χ0v) is 7.82. The van der Waals surface area contributed by atoms with Crippen molar-refractivity contribution in [3.8, 4) is 0 Å². The molecule has 56 valence electrons. The first-order valence-electron chi connectivity index (χ1n) is 2.19. The minimum Gasteiger partial charge on any atom is -0.250 e. The van der Waals surface area contributed by atoms with Crippen molar-refractivity contribution in [3.63, 3.8) is 0 Å². The molecule has 0 radical (unpaired) electrons. The quantitative estimate of drug-likeness (QED) is 0.553. The van der Waals surface area contributed by atoms with Crippen molar-refractivity contribution >= 4 is 32.9 Å². The first-order valence-corrected chi connectivity index (χ1v) is 4.76. The SMILES string of the molecule is CN(I)S(=O)(=O)CCF. The molecule has 9 heavy (non-hydrogen) atoms. The highest BCUT2D eigenvalue weighted by atomic mass is 127. The highest BCUT2D eigenvalue weighted by Gasteiger charge is 2.13. The van der Waals surface area contributed by atoms with Gasteiger partial charge in [-0.05, 0) is 0 Å². The first-order chi connectivity index (χ1) is 4.00. The molecule has 0 aromatic heterocycles. The van der Waals surface area contributed by atoms with Gasteiger partial charge in [-0.1, -0.05) is 0 Å². The van der Waals surface area contributed by atoms with Crippen LogP contribution in [0.15, 0.2) is 0 Å². The predicted molar refractivity (Wildman–Crippen MR) is 41.5 cm³/mol. The van der Waals surface area contributed by atoms with E-state index in [-0.39, 0.29) is 0 Å². The molecule has 0 heterocycles. The topological polar surface area (TPSA) is 37.4 Å². The largest absolute Gasteiger partial charge is 0.250 e. The average Bonchev–Trinajstić information content (AvgIpc) is 1.65. The Bertz CT molecular complexity index is 167. The van der Waals surface area contributed by atoms with E-state index in [0.717, 1.165) is 2.52 Å². The fraction of sp³-hybridized carbons (Fsp3) is 1.00. The molecule has 6 heteroatoms. The molecule has 0 aromatic carbocycles. The van der Waals surface area contributed by atoms with E-state index in [1.807, 2.05) is 0 Å². The van der Waals surface area contributed by atoms with E-state index >= 15 is 0 Å². The molecule has 0 spiro atoms. The van der Waals surface area contributed by atoms with Gasteiger partial charge in [-0.15, -0.1) is 2.52 Å². The number of nitrogens with zero attached hydrogens (tertiary/aromatic N) is 1. The number of rotatable bonds is 3. The van der Waals surface area contributed by atoms with Crippen LogP contribution in [0, 0.1) is 0 Å². The second-order valence-corrected chi connectivity index (χ2v) is 5.62. The summed E-state index contributed by atoms with van der Waals surface area (Å²) in [6, 6.07) is 0. The van der Waals surface area contributed by atoms with Gasteiger partial charge in [0.2, 0.25) is 10.0 Å². The van der Waals surface area contributed by atoms with Gasteiger partial charge in [0, 0.05) is 29.9 Å². The van der Waals surface area contributed by atoms with E-state index < -0.39 is 22.5 Å². The lowest BCUT2D eigenvalue weighted by atomic mass is 10.9. The minimum absolute atomic E-state index is 0.424. The molecular formula is C3H7FINO2S. The molecule has 0 aliphatic rings.